The van der Waals surface area contributed by atoms with E-state index >= 15 is 0 Å². The molecule has 2 fully saturated rings. The van der Waals surface area contributed by atoms with Gasteiger partial charge in [-0.25, -0.2) is 0 Å². The summed E-state index contributed by atoms with van der Waals surface area (Å²) in [6.45, 7) is 10.2. The molecule has 1 atom stereocenters. The summed E-state index contributed by atoms with van der Waals surface area (Å²) >= 11 is 0. The van der Waals surface area contributed by atoms with Gasteiger partial charge in [0.1, 0.15) is 0 Å². The number of rotatable bonds is 4. The average molecular weight is 482 g/mol. The number of aliphatic imine (C=N–C) groups is 2. The third kappa shape index (κ3) is 5.57. The molecule has 5 rings (SSSR count). The highest BCUT2D eigenvalue weighted by atomic mass is 15.2. The monoisotopic (exact) mass is 481 g/mol. The van der Waals surface area contributed by atoms with Crippen LogP contribution >= 0.6 is 0 Å². The van der Waals surface area contributed by atoms with E-state index in [0.29, 0.717) is 17.4 Å². The molecule has 1 heterocycles. The number of benzene rings is 2. The van der Waals surface area contributed by atoms with Crippen LogP contribution in [-0.2, 0) is 6.54 Å². The van der Waals surface area contributed by atoms with Gasteiger partial charge >= 0.3 is 0 Å². The minimum Gasteiger partial charge on any atom is -0.293 e. The molecular weight excluding hydrogens is 438 g/mol. The van der Waals surface area contributed by atoms with Crippen LogP contribution in [-0.4, -0.2) is 36.0 Å². The number of hydrogen-bond acceptors (Lipinski definition) is 3. The zero-order valence-electron chi connectivity index (χ0n) is 22.9. The Morgan fingerprint density at radius 3 is 2.44 bits per heavy atom. The van der Waals surface area contributed by atoms with Crippen LogP contribution in [0.2, 0.25) is 0 Å². The summed E-state index contributed by atoms with van der Waals surface area (Å²) in [5, 5.41) is 0. The van der Waals surface area contributed by atoms with Gasteiger partial charge in [-0.3, -0.25) is 14.9 Å². The van der Waals surface area contributed by atoms with Crippen LogP contribution in [0.25, 0.3) is 5.70 Å². The minimum absolute atomic E-state index is 0.574. The maximum atomic E-state index is 5.07. The third-order valence-electron chi connectivity index (χ3n) is 8.71. The fourth-order valence-corrected chi connectivity index (χ4v) is 6.52. The van der Waals surface area contributed by atoms with Crippen molar-refractivity contribution in [3.63, 3.8) is 0 Å². The van der Waals surface area contributed by atoms with Gasteiger partial charge in [-0.2, -0.15) is 0 Å². The quantitative estimate of drug-likeness (QED) is 0.438. The van der Waals surface area contributed by atoms with E-state index in [0.717, 1.165) is 36.8 Å². The van der Waals surface area contributed by atoms with E-state index in [1.165, 1.54) is 59.9 Å². The van der Waals surface area contributed by atoms with E-state index in [4.69, 9.17) is 9.98 Å². The molecule has 1 spiro atoms. The van der Waals surface area contributed by atoms with Gasteiger partial charge in [0.25, 0.3) is 0 Å². The highest BCUT2D eigenvalue weighted by Crippen LogP contribution is 2.62. The first-order chi connectivity index (χ1) is 17.4. The zero-order valence-corrected chi connectivity index (χ0v) is 22.9. The average Bonchev–Trinajstić information content (AvgIpc) is 3.62. The second kappa shape index (κ2) is 10.5. The van der Waals surface area contributed by atoms with E-state index < -0.39 is 0 Å². The molecule has 1 unspecified atom stereocenters. The number of aryl methyl sites for hydroxylation is 2. The lowest BCUT2D eigenvalue weighted by molar-refractivity contribution is 0.0144. The van der Waals surface area contributed by atoms with Crippen molar-refractivity contribution in [1.82, 2.24) is 4.90 Å². The molecule has 190 valence electrons. The van der Waals surface area contributed by atoms with E-state index in [1.54, 1.807) is 0 Å². The largest absolute Gasteiger partial charge is 0.293 e. The van der Waals surface area contributed by atoms with Gasteiger partial charge in [0.05, 0.1) is 5.70 Å². The van der Waals surface area contributed by atoms with Gasteiger partial charge in [-0.05, 0) is 105 Å². The number of allylic oxidation sites excluding steroid dienone is 1. The van der Waals surface area contributed by atoms with Crippen LogP contribution < -0.4 is 0 Å². The van der Waals surface area contributed by atoms with Crippen molar-refractivity contribution in [2.24, 2.45) is 21.3 Å². The van der Waals surface area contributed by atoms with Gasteiger partial charge in [0, 0.05) is 43.2 Å². The molecule has 3 aliphatic rings. The molecule has 2 saturated carbocycles. The molecule has 0 radical (unpaired) electrons. The number of fused-ring (bicyclic) bond motifs is 2. The maximum absolute atomic E-state index is 5.07. The lowest BCUT2D eigenvalue weighted by Gasteiger charge is -2.48. The van der Waals surface area contributed by atoms with Crippen LogP contribution in [0.15, 0.2) is 58.5 Å². The Morgan fingerprint density at radius 1 is 1.06 bits per heavy atom. The fourth-order valence-electron chi connectivity index (χ4n) is 6.52. The summed E-state index contributed by atoms with van der Waals surface area (Å²) in [6.07, 6.45) is 13.4. The first kappa shape index (κ1) is 25.1. The van der Waals surface area contributed by atoms with Crippen LogP contribution in [0.3, 0.4) is 0 Å². The Morgan fingerprint density at radius 2 is 1.78 bits per heavy atom. The third-order valence-corrected chi connectivity index (χ3v) is 8.71. The molecule has 0 saturated heterocycles. The highest BCUT2D eigenvalue weighted by Gasteiger charge is 2.54. The number of hydrogen-bond donors (Lipinski definition) is 0. The fraction of sp³-hybridized carbons (Fsp3) is 0.515. The van der Waals surface area contributed by atoms with Crippen molar-refractivity contribution >= 4 is 17.6 Å². The summed E-state index contributed by atoms with van der Waals surface area (Å²) < 4.78 is 0. The van der Waals surface area contributed by atoms with Crippen LogP contribution in [0.5, 0.6) is 0 Å². The molecule has 0 N–H and O–H groups in total. The van der Waals surface area contributed by atoms with Crippen molar-refractivity contribution in [2.45, 2.75) is 91.3 Å². The molecule has 3 nitrogen and oxygen atoms in total. The molecule has 3 heteroatoms. The van der Waals surface area contributed by atoms with Gasteiger partial charge in [0.15, 0.2) is 0 Å². The van der Waals surface area contributed by atoms with E-state index in [1.807, 2.05) is 13.3 Å². The normalized spacial score (nSPS) is 26.0. The first-order valence-corrected chi connectivity index (χ1v) is 14.0. The summed E-state index contributed by atoms with van der Waals surface area (Å²) in [4.78, 5) is 12.7. The van der Waals surface area contributed by atoms with Crippen molar-refractivity contribution in [1.29, 1.82) is 0 Å². The van der Waals surface area contributed by atoms with Crippen molar-refractivity contribution < 1.29 is 0 Å². The molecule has 1 aliphatic heterocycles. The van der Waals surface area contributed by atoms with Crippen LogP contribution in [0, 0.1) is 25.2 Å². The standard InChI is InChI=1S/C33H43N3/c1-23(2)16-29-13-12-28(34-5)18-31(32-24(3)8-6-9-25(32)4)35-21-26-10-7-11-27(17-26)22-36(29)30-19-33(20-30)14-15-33/h6-11,17-18,21,23,29-30H,12-16,19-20,22H2,1-5H3/b31-18-,34-28-,35-21+. The van der Waals surface area contributed by atoms with E-state index in [2.05, 4.69) is 81.1 Å². The number of nitrogens with zero attached hydrogens (tertiary/aromatic N) is 3. The Kier molecular flexibility index (Phi) is 7.30. The van der Waals surface area contributed by atoms with Crippen LogP contribution in [0.1, 0.15) is 86.6 Å². The summed E-state index contributed by atoms with van der Waals surface area (Å²) in [7, 11) is 1.94. The van der Waals surface area contributed by atoms with Crippen molar-refractivity contribution in [3.05, 3.63) is 76.4 Å². The Labute approximate surface area is 218 Å². The summed E-state index contributed by atoms with van der Waals surface area (Å²) in [6, 6.07) is 16.8. The van der Waals surface area contributed by atoms with Crippen molar-refractivity contribution in [3.8, 4) is 0 Å². The van der Waals surface area contributed by atoms with E-state index in [-0.39, 0.29) is 0 Å². The second-order valence-corrected chi connectivity index (χ2v) is 12.1. The Balaban J connectivity index is 1.54. The minimum atomic E-state index is 0.574. The van der Waals surface area contributed by atoms with E-state index in [9.17, 15) is 0 Å². The van der Waals surface area contributed by atoms with Crippen molar-refractivity contribution in [2.75, 3.05) is 7.05 Å². The lowest BCUT2D eigenvalue weighted by Crippen LogP contribution is -2.50. The van der Waals surface area contributed by atoms with Gasteiger partial charge < -0.3 is 0 Å². The van der Waals surface area contributed by atoms with Crippen LogP contribution in [0.4, 0.5) is 0 Å². The Bertz CT molecular complexity index is 1150. The SMILES string of the molecule is C\N=C1/C=C(c2c(C)cccc2C)\N=C\c2cccc(c2)CN(C2CC3(CC3)C2)C(CC(C)C)CC1. The summed E-state index contributed by atoms with van der Waals surface area (Å²) in [5.74, 6) is 0.681. The molecule has 2 aromatic rings. The van der Waals surface area contributed by atoms with Gasteiger partial charge in [-0.1, -0.05) is 50.2 Å². The zero-order chi connectivity index (χ0) is 25.3. The smallest absolute Gasteiger partial charge is 0.0725 e. The predicted molar refractivity (Wildman–Crippen MR) is 154 cm³/mol. The van der Waals surface area contributed by atoms with Gasteiger partial charge in [-0.15, -0.1) is 0 Å². The summed E-state index contributed by atoms with van der Waals surface area (Å²) in [5.41, 5.74) is 9.20. The topological polar surface area (TPSA) is 28.0 Å². The molecule has 2 aromatic carbocycles. The predicted octanol–water partition coefficient (Wildman–Crippen LogP) is 7.79. The first-order valence-electron chi connectivity index (χ1n) is 14.0. The Hall–Kier alpha value is -2.52. The molecular formula is C33H43N3. The highest BCUT2D eigenvalue weighted by molar-refractivity contribution is 6.02. The second-order valence-electron chi connectivity index (χ2n) is 12.1. The molecule has 36 heavy (non-hydrogen) atoms. The maximum Gasteiger partial charge on any atom is 0.0725 e. The lowest BCUT2D eigenvalue weighted by atomic mass is 9.75. The molecule has 0 aromatic heterocycles. The van der Waals surface area contributed by atoms with Gasteiger partial charge in [0.2, 0.25) is 0 Å². The molecule has 2 aliphatic carbocycles. The molecule has 0 amide bonds. The molecule has 2 bridgehead atoms.